The van der Waals surface area contributed by atoms with Crippen molar-refractivity contribution < 1.29 is 9.21 Å². The van der Waals surface area contributed by atoms with E-state index in [0.717, 1.165) is 9.50 Å². The van der Waals surface area contributed by atoms with Crippen molar-refractivity contribution in [1.29, 1.82) is 0 Å². The van der Waals surface area contributed by atoms with Crippen molar-refractivity contribution in [3.8, 4) is 0 Å². The molecule has 0 bridgehead atoms. The Morgan fingerprint density at radius 2 is 2.33 bits per heavy atom. The molecule has 0 atom stereocenters. The van der Waals surface area contributed by atoms with E-state index in [9.17, 15) is 4.79 Å². The van der Waals surface area contributed by atoms with Crippen LogP contribution in [0.25, 0.3) is 0 Å². The summed E-state index contributed by atoms with van der Waals surface area (Å²) in [4.78, 5) is 15.6. The van der Waals surface area contributed by atoms with Crippen molar-refractivity contribution in [1.82, 2.24) is 10.4 Å². The fraction of sp³-hybridized carbons (Fsp3) is 0.0909. The van der Waals surface area contributed by atoms with Gasteiger partial charge in [-0.25, -0.2) is 10.8 Å². The predicted octanol–water partition coefficient (Wildman–Crippen LogP) is 2.33. The van der Waals surface area contributed by atoms with Crippen LogP contribution in [0.3, 0.4) is 0 Å². The summed E-state index contributed by atoms with van der Waals surface area (Å²) in [5, 5.41) is 0.855. The van der Waals surface area contributed by atoms with Gasteiger partial charge in [0.1, 0.15) is 5.76 Å². The molecule has 0 unspecified atom stereocenters. The van der Waals surface area contributed by atoms with Crippen LogP contribution in [0.1, 0.15) is 16.1 Å². The molecule has 7 heteroatoms. The van der Waals surface area contributed by atoms with Gasteiger partial charge >= 0.3 is 0 Å². The van der Waals surface area contributed by atoms with Gasteiger partial charge in [-0.1, -0.05) is 11.8 Å². The van der Waals surface area contributed by atoms with E-state index in [0.29, 0.717) is 17.1 Å². The van der Waals surface area contributed by atoms with E-state index in [1.165, 1.54) is 18.0 Å². The van der Waals surface area contributed by atoms with E-state index in [4.69, 9.17) is 10.3 Å². The lowest BCUT2D eigenvalue weighted by Gasteiger charge is -2.01. The Hall–Kier alpha value is -1.31. The summed E-state index contributed by atoms with van der Waals surface area (Å²) in [6.07, 6.45) is 3.19. The van der Waals surface area contributed by atoms with E-state index in [-0.39, 0.29) is 5.91 Å². The maximum absolute atomic E-state index is 11.4. The van der Waals surface area contributed by atoms with Gasteiger partial charge in [-0.15, -0.1) is 0 Å². The number of furan rings is 1. The number of hydrogen-bond acceptors (Lipinski definition) is 5. The van der Waals surface area contributed by atoms with E-state index >= 15 is 0 Å². The lowest BCUT2D eigenvalue weighted by molar-refractivity contribution is 0.0952. The number of aromatic nitrogens is 1. The molecule has 2 aromatic rings. The first-order valence-electron chi connectivity index (χ1n) is 5.02. The summed E-state index contributed by atoms with van der Waals surface area (Å²) in [6, 6.07) is 5.39. The zero-order valence-electron chi connectivity index (χ0n) is 9.22. The number of halogens is 1. The molecule has 0 aliphatic heterocycles. The number of carbonyl (C=O) groups excluding carboxylic acids is 1. The molecule has 0 aromatic carbocycles. The standard InChI is InChI=1S/C11H10BrN3O2S/c12-7-1-2-10(14-5-7)18-6-9-8(3-4-17-9)11(16)15-13/h1-5H,6,13H2,(H,15,16). The molecule has 0 saturated carbocycles. The zero-order valence-corrected chi connectivity index (χ0v) is 11.6. The first kappa shape index (κ1) is 13.1. The zero-order chi connectivity index (χ0) is 13.0. The minimum absolute atomic E-state index is 0.358. The number of hydrazine groups is 1. The molecule has 3 N–H and O–H groups in total. The maximum Gasteiger partial charge on any atom is 0.268 e. The van der Waals surface area contributed by atoms with Crippen LogP contribution in [0.5, 0.6) is 0 Å². The van der Waals surface area contributed by atoms with Gasteiger partial charge in [-0.05, 0) is 34.1 Å². The van der Waals surface area contributed by atoms with Gasteiger partial charge in [0.15, 0.2) is 0 Å². The Balaban J connectivity index is 2.04. The third-order valence-corrected chi connectivity index (χ3v) is 3.59. The molecule has 0 fully saturated rings. The van der Waals surface area contributed by atoms with Gasteiger partial charge in [0.2, 0.25) is 0 Å². The predicted molar refractivity (Wildman–Crippen MR) is 71.9 cm³/mol. The monoisotopic (exact) mass is 327 g/mol. The molecule has 0 aliphatic rings. The second-order valence-corrected chi connectivity index (χ2v) is 5.25. The number of hydrogen-bond donors (Lipinski definition) is 2. The average molecular weight is 328 g/mol. The molecule has 0 spiro atoms. The van der Waals surface area contributed by atoms with Gasteiger partial charge in [-0.3, -0.25) is 10.2 Å². The number of amides is 1. The molecule has 5 nitrogen and oxygen atoms in total. The third kappa shape index (κ3) is 3.12. The summed E-state index contributed by atoms with van der Waals surface area (Å²) in [5.41, 5.74) is 2.53. The van der Waals surface area contributed by atoms with Crippen molar-refractivity contribution in [2.24, 2.45) is 5.84 Å². The van der Waals surface area contributed by atoms with Gasteiger partial charge in [0.25, 0.3) is 5.91 Å². The molecule has 2 aromatic heterocycles. The van der Waals surface area contributed by atoms with Crippen molar-refractivity contribution in [2.45, 2.75) is 10.8 Å². The Kier molecular flexibility index (Phi) is 4.40. The number of nitrogens with zero attached hydrogens (tertiary/aromatic N) is 1. The quantitative estimate of drug-likeness (QED) is 0.390. The van der Waals surface area contributed by atoms with Crippen molar-refractivity contribution in [3.05, 3.63) is 46.5 Å². The van der Waals surface area contributed by atoms with Crippen molar-refractivity contribution in [3.63, 3.8) is 0 Å². The fourth-order valence-corrected chi connectivity index (χ4v) is 2.35. The lowest BCUT2D eigenvalue weighted by Crippen LogP contribution is -2.30. The van der Waals surface area contributed by atoms with Gasteiger partial charge in [0.05, 0.1) is 22.6 Å². The number of nitrogens with two attached hydrogens (primary N) is 1. The molecule has 2 rings (SSSR count). The smallest absolute Gasteiger partial charge is 0.268 e. The van der Waals surface area contributed by atoms with E-state index in [1.807, 2.05) is 12.1 Å². The Bertz CT molecular complexity index is 541. The van der Waals surface area contributed by atoms with E-state index in [1.54, 1.807) is 12.3 Å². The number of thioether (sulfide) groups is 1. The van der Waals surface area contributed by atoms with Crippen LogP contribution >= 0.6 is 27.7 Å². The normalized spacial score (nSPS) is 10.3. The highest BCUT2D eigenvalue weighted by atomic mass is 79.9. The molecule has 0 saturated heterocycles. The van der Waals surface area contributed by atoms with Crippen LogP contribution in [-0.4, -0.2) is 10.9 Å². The molecule has 0 radical (unpaired) electrons. The summed E-state index contributed by atoms with van der Waals surface area (Å²) in [7, 11) is 0. The largest absolute Gasteiger partial charge is 0.468 e. The Morgan fingerprint density at radius 3 is 3.00 bits per heavy atom. The number of carbonyl (C=O) groups is 1. The number of pyridine rings is 1. The Labute approximate surface area is 116 Å². The van der Waals surface area contributed by atoms with Crippen molar-refractivity contribution in [2.75, 3.05) is 0 Å². The summed E-state index contributed by atoms with van der Waals surface area (Å²) < 4.78 is 6.18. The lowest BCUT2D eigenvalue weighted by atomic mass is 10.2. The minimum Gasteiger partial charge on any atom is -0.468 e. The molecule has 1 amide bonds. The van der Waals surface area contributed by atoms with Crippen LogP contribution in [0.4, 0.5) is 0 Å². The first-order chi connectivity index (χ1) is 8.70. The highest BCUT2D eigenvalue weighted by Gasteiger charge is 2.13. The second kappa shape index (κ2) is 6.03. The first-order valence-corrected chi connectivity index (χ1v) is 6.80. The molecular weight excluding hydrogens is 318 g/mol. The van der Waals surface area contributed by atoms with E-state index in [2.05, 4.69) is 26.3 Å². The summed E-state index contributed by atoms with van der Waals surface area (Å²) in [5.74, 6) is 5.83. The van der Waals surface area contributed by atoms with Crippen LogP contribution in [0.2, 0.25) is 0 Å². The molecule has 2 heterocycles. The number of rotatable bonds is 4. The van der Waals surface area contributed by atoms with Gasteiger partial charge in [-0.2, -0.15) is 0 Å². The maximum atomic E-state index is 11.4. The molecule has 94 valence electrons. The van der Waals surface area contributed by atoms with Crippen LogP contribution < -0.4 is 11.3 Å². The average Bonchev–Trinajstić information content (AvgIpc) is 2.85. The van der Waals surface area contributed by atoms with Crippen LogP contribution in [-0.2, 0) is 5.75 Å². The molecule has 0 aliphatic carbocycles. The highest BCUT2D eigenvalue weighted by molar-refractivity contribution is 9.10. The summed E-state index contributed by atoms with van der Waals surface area (Å²) >= 11 is 4.80. The Morgan fingerprint density at radius 1 is 1.50 bits per heavy atom. The van der Waals surface area contributed by atoms with E-state index < -0.39 is 0 Å². The highest BCUT2D eigenvalue weighted by Crippen LogP contribution is 2.24. The van der Waals surface area contributed by atoms with Gasteiger partial charge in [0, 0.05) is 10.7 Å². The number of nitrogens with one attached hydrogen (secondary N) is 1. The van der Waals surface area contributed by atoms with Crippen LogP contribution in [0.15, 0.2) is 44.6 Å². The van der Waals surface area contributed by atoms with Crippen LogP contribution in [0, 0.1) is 0 Å². The molecule has 18 heavy (non-hydrogen) atoms. The summed E-state index contributed by atoms with van der Waals surface area (Å²) in [6.45, 7) is 0. The van der Waals surface area contributed by atoms with Gasteiger partial charge < -0.3 is 4.42 Å². The SMILES string of the molecule is NNC(=O)c1ccoc1CSc1ccc(Br)cn1. The second-order valence-electron chi connectivity index (χ2n) is 3.33. The topological polar surface area (TPSA) is 81.1 Å². The fourth-order valence-electron chi connectivity index (χ4n) is 1.32. The number of nitrogen functional groups attached to an aromatic ring is 1. The molecular formula is C11H10BrN3O2S. The van der Waals surface area contributed by atoms with Crippen molar-refractivity contribution >= 4 is 33.6 Å². The minimum atomic E-state index is -0.358. The third-order valence-electron chi connectivity index (χ3n) is 2.17.